The van der Waals surface area contributed by atoms with Crippen molar-refractivity contribution in [2.45, 2.75) is 33.6 Å². The van der Waals surface area contributed by atoms with Crippen LogP contribution < -0.4 is 5.73 Å². The topological polar surface area (TPSA) is 38.9 Å². The van der Waals surface area contributed by atoms with Crippen LogP contribution in [0.15, 0.2) is 0 Å². The Morgan fingerprint density at radius 3 is 2.31 bits per heavy atom. The molecule has 0 atom stereocenters. The molecule has 2 nitrogen and oxygen atoms in total. The van der Waals surface area contributed by atoms with E-state index in [1.165, 1.54) is 0 Å². The molecule has 0 spiro atoms. The van der Waals surface area contributed by atoms with Gasteiger partial charge in [-0.3, -0.25) is 0 Å². The second-order valence-electron chi connectivity index (χ2n) is 3.59. The maximum atomic E-state index is 13.5. The maximum Gasteiger partial charge on any atom is 0.168 e. The molecule has 0 saturated heterocycles. The first-order chi connectivity index (χ1) is 5.95. The molecule has 13 heavy (non-hydrogen) atoms. The van der Waals surface area contributed by atoms with E-state index in [0.29, 0.717) is 5.56 Å². The molecule has 0 aromatic carbocycles. The molecule has 0 aliphatic rings. The highest BCUT2D eigenvalue weighted by Crippen LogP contribution is 2.26. The first-order valence-corrected chi connectivity index (χ1v) is 4.37. The molecule has 0 aliphatic heterocycles. The van der Waals surface area contributed by atoms with Crippen molar-refractivity contribution < 1.29 is 4.39 Å². The first-order valence-electron chi connectivity index (χ1n) is 4.37. The summed E-state index contributed by atoms with van der Waals surface area (Å²) in [5, 5.41) is 0. The van der Waals surface area contributed by atoms with Crippen molar-refractivity contribution in [3.05, 3.63) is 22.6 Å². The van der Waals surface area contributed by atoms with Gasteiger partial charge in [0.25, 0.3) is 0 Å². The summed E-state index contributed by atoms with van der Waals surface area (Å²) in [6.07, 6.45) is 0. The lowest BCUT2D eigenvalue weighted by molar-refractivity contribution is 0.593. The van der Waals surface area contributed by atoms with Crippen LogP contribution in [0.1, 0.15) is 36.6 Å². The number of hydrogen-bond donors (Lipinski definition) is 1. The fourth-order valence-electron chi connectivity index (χ4n) is 1.50. The lowest BCUT2D eigenvalue weighted by Crippen LogP contribution is -2.06. The van der Waals surface area contributed by atoms with Crippen molar-refractivity contribution in [2.24, 2.45) is 0 Å². The number of nitrogens with zero attached hydrogens (tertiary/aromatic N) is 1. The predicted molar refractivity (Wildman–Crippen MR) is 52.2 cm³/mol. The molecule has 2 N–H and O–H groups in total. The number of aryl methyl sites for hydroxylation is 1. The molecule has 0 amide bonds. The summed E-state index contributed by atoms with van der Waals surface area (Å²) >= 11 is 0. The normalized spacial score (nSPS) is 10.9. The lowest BCUT2D eigenvalue weighted by Gasteiger charge is -2.13. The predicted octanol–water partition coefficient (Wildman–Crippen LogP) is 2.54. The smallest absolute Gasteiger partial charge is 0.168 e. The van der Waals surface area contributed by atoms with Crippen LogP contribution in [0.25, 0.3) is 0 Å². The average Bonchev–Trinajstić information content (AvgIpc) is 2.01. The van der Waals surface area contributed by atoms with Gasteiger partial charge in [-0.15, -0.1) is 0 Å². The Labute approximate surface area is 78.0 Å². The fourth-order valence-corrected chi connectivity index (χ4v) is 1.50. The van der Waals surface area contributed by atoms with Gasteiger partial charge in [0.1, 0.15) is 0 Å². The van der Waals surface area contributed by atoms with Crippen molar-refractivity contribution in [1.82, 2.24) is 4.98 Å². The highest BCUT2D eigenvalue weighted by molar-refractivity contribution is 5.43. The van der Waals surface area contributed by atoms with E-state index in [9.17, 15) is 4.39 Å². The van der Waals surface area contributed by atoms with Crippen LogP contribution in [0.3, 0.4) is 0 Å². The van der Waals surface area contributed by atoms with Gasteiger partial charge in [-0.25, -0.2) is 9.37 Å². The minimum atomic E-state index is -0.363. The van der Waals surface area contributed by atoms with E-state index in [1.54, 1.807) is 0 Å². The van der Waals surface area contributed by atoms with Crippen LogP contribution in [-0.2, 0) is 0 Å². The van der Waals surface area contributed by atoms with Crippen molar-refractivity contribution >= 4 is 5.82 Å². The van der Waals surface area contributed by atoms with E-state index in [0.717, 1.165) is 11.3 Å². The molecule has 3 heteroatoms. The zero-order chi connectivity index (χ0) is 10.2. The molecule has 0 fully saturated rings. The molecule has 1 aromatic rings. The number of aromatic nitrogens is 1. The number of nitrogen functional groups attached to an aromatic ring is 1. The summed E-state index contributed by atoms with van der Waals surface area (Å²) in [6, 6.07) is 0. The molecule has 0 radical (unpaired) electrons. The van der Waals surface area contributed by atoms with Crippen molar-refractivity contribution in [3.63, 3.8) is 0 Å². The lowest BCUT2D eigenvalue weighted by atomic mass is 9.97. The summed E-state index contributed by atoms with van der Waals surface area (Å²) < 4.78 is 13.5. The van der Waals surface area contributed by atoms with Gasteiger partial charge in [-0.1, -0.05) is 13.8 Å². The van der Waals surface area contributed by atoms with Gasteiger partial charge in [0.05, 0.1) is 0 Å². The molecule has 72 valence electrons. The Bertz CT molecular complexity index is 306. The molecular formula is C10H15FN2. The summed E-state index contributed by atoms with van der Waals surface area (Å²) in [7, 11) is 0. The monoisotopic (exact) mass is 182 g/mol. The summed E-state index contributed by atoms with van der Waals surface area (Å²) in [6.45, 7) is 7.62. The van der Waals surface area contributed by atoms with Gasteiger partial charge in [0, 0.05) is 5.69 Å². The molecule has 1 heterocycles. The minimum Gasteiger partial charge on any atom is -0.381 e. The second kappa shape index (κ2) is 3.32. The van der Waals surface area contributed by atoms with Gasteiger partial charge in [-0.2, -0.15) is 0 Å². The number of halogens is 1. The van der Waals surface area contributed by atoms with Crippen LogP contribution in [-0.4, -0.2) is 4.98 Å². The van der Waals surface area contributed by atoms with E-state index < -0.39 is 0 Å². The van der Waals surface area contributed by atoms with Gasteiger partial charge in [-0.05, 0) is 30.9 Å². The Morgan fingerprint density at radius 1 is 1.31 bits per heavy atom. The Kier molecular flexibility index (Phi) is 2.55. The third kappa shape index (κ3) is 1.64. The maximum absolute atomic E-state index is 13.5. The molecule has 0 bridgehead atoms. The molecular weight excluding hydrogens is 167 g/mol. The van der Waals surface area contributed by atoms with Crippen LogP contribution in [0.5, 0.6) is 0 Å². The highest BCUT2D eigenvalue weighted by Gasteiger charge is 2.15. The van der Waals surface area contributed by atoms with E-state index in [-0.39, 0.29) is 17.6 Å². The van der Waals surface area contributed by atoms with E-state index in [1.807, 2.05) is 27.7 Å². The van der Waals surface area contributed by atoms with E-state index in [4.69, 9.17) is 5.73 Å². The number of pyridine rings is 1. The molecule has 1 aromatic heterocycles. The Balaban J connectivity index is 3.46. The van der Waals surface area contributed by atoms with Gasteiger partial charge < -0.3 is 5.73 Å². The molecule has 0 saturated carbocycles. The van der Waals surface area contributed by atoms with Crippen molar-refractivity contribution in [3.8, 4) is 0 Å². The van der Waals surface area contributed by atoms with Crippen molar-refractivity contribution in [2.75, 3.05) is 5.73 Å². The molecule has 0 unspecified atom stereocenters. The van der Waals surface area contributed by atoms with Gasteiger partial charge >= 0.3 is 0 Å². The van der Waals surface area contributed by atoms with Crippen LogP contribution in [0, 0.1) is 19.7 Å². The highest BCUT2D eigenvalue weighted by atomic mass is 19.1. The molecule has 0 aliphatic carbocycles. The zero-order valence-corrected chi connectivity index (χ0v) is 8.48. The number of nitrogens with two attached hydrogens (primary N) is 1. The fraction of sp³-hybridized carbons (Fsp3) is 0.500. The summed E-state index contributed by atoms with van der Waals surface area (Å²) in [4.78, 5) is 3.92. The standard InChI is InChI=1S/C10H15FN2/c1-5(2)8-6(3)7(4)13-10(12)9(8)11/h5H,1-4H3,(H2,12,13). The van der Waals surface area contributed by atoms with E-state index in [2.05, 4.69) is 4.98 Å². The quantitative estimate of drug-likeness (QED) is 0.724. The van der Waals surface area contributed by atoms with Gasteiger partial charge in [0.2, 0.25) is 0 Å². The third-order valence-electron chi connectivity index (χ3n) is 2.27. The number of rotatable bonds is 1. The van der Waals surface area contributed by atoms with Crippen LogP contribution in [0.2, 0.25) is 0 Å². The van der Waals surface area contributed by atoms with Crippen LogP contribution in [0.4, 0.5) is 10.2 Å². The molecule has 1 rings (SSSR count). The number of anilines is 1. The summed E-state index contributed by atoms with van der Waals surface area (Å²) in [5.74, 6) is -0.214. The van der Waals surface area contributed by atoms with Gasteiger partial charge in [0.15, 0.2) is 11.6 Å². The Morgan fingerprint density at radius 2 is 1.85 bits per heavy atom. The Hall–Kier alpha value is -1.12. The van der Waals surface area contributed by atoms with Crippen molar-refractivity contribution in [1.29, 1.82) is 0 Å². The zero-order valence-electron chi connectivity index (χ0n) is 8.48. The largest absolute Gasteiger partial charge is 0.381 e. The first kappa shape index (κ1) is 9.96. The average molecular weight is 182 g/mol. The summed E-state index contributed by atoms with van der Waals surface area (Å²) in [5.41, 5.74) is 7.84. The number of hydrogen-bond acceptors (Lipinski definition) is 2. The minimum absolute atomic E-state index is 0.00630. The third-order valence-corrected chi connectivity index (χ3v) is 2.27. The van der Waals surface area contributed by atoms with E-state index >= 15 is 0 Å². The van der Waals surface area contributed by atoms with Crippen LogP contribution >= 0.6 is 0 Å². The SMILES string of the molecule is Cc1nc(N)c(F)c(C(C)C)c1C. The second-order valence-corrected chi connectivity index (χ2v) is 3.59.